The number of aliphatic hydroxyl groups excluding tert-OH is 1. The summed E-state index contributed by atoms with van der Waals surface area (Å²) < 4.78 is 13.0. The minimum Gasteiger partial charge on any atom is -0.490 e. The van der Waals surface area contributed by atoms with E-state index in [0.717, 1.165) is 77.2 Å². The largest absolute Gasteiger partial charge is 0.490 e. The second kappa shape index (κ2) is 23.9. The molecule has 7 N–H and O–H groups in total. The van der Waals surface area contributed by atoms with Crippen LogP contribution in [-0.2, 0) is 25.6 Å². The van der Waals surface area contributed by atoms with Crippen LogP contribution < -0.4 is 25.8 Å². The second-order valence-electron chi connectivity index (χ2n) is 16.6. The molecule has 1 aliphatic heterocycles. The number of carbonyl (C=O) groups excluding carboxylic acids is 2. The fourth-order valence-corrected chi connectivity index (χ4v) is 8.15. The van der Waals surface area contributed by atoms with E-state index in [1.165, 1.54) is 56.7 Å². The number of thioether (sulfide) groups is 1. The highest BCUT2D eigenvalue weighted by atomic mass is 32.2. The Kier molecular flexibility index (Phi) is 20.9. The van der Waals surface area contributed by atoms with Gasteiger partial charge in [0.15, 0.2) is 0 Å². The Morgan fingerprint density at radius 2 is 1.51 bits per heavy atom. The first-order chi connectivity index (χ1) is 25.8. The molecule has 55 heavy (non-hydrogen) atoms. The van der Waals surface area contributed by atoms with E-state index in [9.17, 15) is 24.3 Å². The number of hydrogen-bond donors (Lipinski definition) is 6. The topological polar surface area (TPSA) is 198 Å². The standard InChI is InChI=1S/C42H71N3O9S/c1-26(2)12-9-13-27(3)14-10-15-28(4)16-11-20-42(8)21-19-33-31(7)38(29(5)30(6)39(33)54-42)53-23-32(46)24-55-25-35(40(50)44-22-37(48)49)45-36(47)18-17-34(43)41(51)52/h26-28,32,34-35,46H,9-25,43H2,1-8H3,(H,44,50)(H,45,47)(H,48,49)(H,51,52)/t27-,28-,32?,34+,35+,42-/m1/s1. The first kappa shape index (κ1) is 48.1. The van der Waals surface area contributed by atoms with Crippen LogP contribution >= 0.6 is 11.8 Å². The summed E-state index contributed by atoms with van der Waals surface area (Å²) in [5.41, 5.74) is 9.41. The van der Waals surface area contributed by atoms with E-state index in [1.807, 2.05) is 13.8 Å². The number of fused-ring (bicyclic) bond motifs is 1. The van der Waals surface area contributed by atoms with Gasteiger partial charge in [-0.05, 0) is 94.2 Å². The number of carboxylic acid groups (broad SMARTS) is 2. The molecule has 2 rings (SSSR count). The van der Waals surface area contributed by atoms with Gasteiger partial charge in [-0.3, -0.25) is 19.2 Å². The first-order valence-corrected chi connectivity index (χ1v) is 21.5. The van der Waals surface area contributed by atoms with Crippen molar-refractivity contribution in [3.63, 3.8) is 0 Å². The summed E-state index contributed by atoms with van der Waals surface area (Å²) in [6.07, 6.45) is 11.9. The van der Waals surface area contributed by atoms with Gasteiger partial charge in [0.25, 0.3) is 0 Å². The molecule has 0 aliphatic carbocycles. The van der Waals surface area contributed by atoms with Gasteiger partial charge >= 0.3 is 11.9 Å². The fraction of sp³-hybridized carbons (Fsp3) is 0.762. The molecule has 1 aromatic rings. The Balaban J connectivity index is 1.90. The minimum absolute atomic E-state index is 0.00994. The highest BCUT2D eigenvalue weighted by Crippen LogP contribution is 2.45. The Morgan fingerprint density at radius 1 is 0.891 bits per heavy atom. The summed E-state index contributed by atoms with van der Waals surface area (Å²) in [5, 5.41) is 33.5. The van der Waals surface area contributed by atoms with Crippen LogP contribution in [0.2, 0.25) is 0 Å². The lowest BCUT2D eigenvalue weighted by Crippen LogP contribution is -2.49. The number of carboxylic acids is 2. The molecule has 0 spiro atoms. The highest BCUT2D eigenvalue weighted by Gasteiger charge is 2.35. The van der Waals surface area contributed by atoms with Crippen molar-refractivity contribution < 1.29 is 44.0 Å². The molecule has 0 saturated carbocycles. The zero-order chi connectivity index (χ0) is 41.3. The Bertz CT molecular complexity index is 1410. The SMILES string of the molecule is Cc1c(C)c2c(c(C)c1OCC(O)CSC[C@H](NC(=O)CC[C@H](N)C(=O)O)C(=O)NCC(=O)O)CC[C@@](C)(CCC[C@H](C)CCC[C@H](C)CCCC(C)C)O2. The average Bonchev–Trinajstić information content (AvgIpc) is 3.11. The van der Waals surface area contributed by atoms with E-state index in [0.29, 0.717) is 0 Å². The normalized spacial score (nSPS) is 18.0. The third-order valence-electron chi connectivity index (χ3n) is 10.9. The number of amides is 2. The molecule has 1 heterocycles. The number of aliphatic carboxylic acids is 2. The second-order valence-corrected chi connectivity index (χ2v) is 17.7. The molecule has 0 bridgehead atoms. The van der Waals surface area contributed by atoms with Gasteiger partial charge in [-0.2, -0.15) is 11.8 Å². The van der Waals surface area contributed by atoms with Crippen molar-refractivity contribution in [1.82, 2.24) is 10.6 Å². The average molecular weight is 794 g/mol. The monoisotopic (exact) mass is 793 g/mol. The molecule has 1 aromatic carbocycles. The summed E-state index contributed by atoms with van der Waals surface area (Å²) in [6.45, 7) is 17.1. The zero-order valence-corrected chi connectivity index (χ0v) is 35.6. The van der Waals surface area contributed by atoms with Crippen LogP contribution in [0.5, 0.6) is 11.5 Å². The molecule has 0 radical (unpaired) electrons. The third kappa shape index (κ3) is 17.3. The lowest BCUT2D eigenvalue weighted by atomic mass is 9.83. The van der Waals surface area contributed by atoms with Crippen molar-refractivity contribution in [3.05, 3.63) is 22.3 Å². The maximum atomic E-state index is 12.6. The summed E-state index contributed by atoms with van der Waals surface area (Å²) in [6, 6.07) is -2.33. The molecule has 6 atom stereocenters. The first-order valence-electron chi connectivity index (χ1n) is 20.3. The maximum absolute atomic E-state index is 12.6. The number of nitrogens with two attached hydrogens (primary N) is 1. The molecule has 314 valence electrons. The lowest BCUT2D eigenvalue weighted by Gasteiger charge is -2.38. The fourth-order valence-electron chi connectivity index (χ4n) is 7.17. The van der Waals surface area contributed by atoms with Gasteiger partial charge in [0.1, 0.15) is 42.3 Å². The van der Waals surface area contributed by atoms with Crippen LogP contribution in [0, 0.1) is 38.5 Å². The number of nitrogens with one attached hydrogen (secondary N) is 2. The number of rotatable bonds is 27. The van der Waals surface area contributed by atoms with E-state index in [-0.39, 0.29) is 36.6 Å². The Hall–Kier alpha value is -3.03. The van der Waals surface area contributed by atoms with E-state index >= 15 is 0 Å². The number of aliphatic hydroxyl groups is 1. The lowest BCUT2D eigenvalue weighted by molar-refractivity contribution is -0.139. The molecule has 13 heteroatoms. The number of benzene rings is 1. The van der Waals surface area contributed by atoms with Crippen molar-refractivity contribution in [2.75, 3.05) is 24.7 Å². The molecular weight excluding hydrogens is 723 g/mol. The summed E-state index contributed by atoms with van der Waals surface area (Å²) >= 11 is 1.20. The summed E-state index contributed by atoms with van der Waals surface area (Å²) in [4.78, 5) is 47.0. The number of carbonyl (C=O) groups is 4. The molecule has 12 nitrogen and oxygen atoms in total. The van der Waals surface area contributed by atoms with E-state index in [1.54, 1.807) is 0 Å². The molecule has 0 saturated heterocycles. The van der Waals surface area contributed by atoms with Crippen molar-refractivity contribution in [2.45, 2.75) is 163 Å². The van der Waals surface area contributed by atoms with Crippen LogP contribution in [0.15, 0.2) is 0 Å². The van der Waals surface area contributed by atoms with Crippen molar-refractivity contribution in [2.24, 2.45) is 23.5 Å². The predicted octanol–water partition coefficient (Wildman–Crippen LogP) is 6.49. The van der Waals surface area contributed by atoms with Crippen molar-refractivity contribution in [3.8, 4) is 11.5 Å². The van der Waals surface area contributed by atoms with Crippen LogP contribution in [0.4, 0.5) is 0 Å². The van der Waals surface area contributed by atoms with E-state index in [4.69, 9.17) is 25.4 Å². The van der Waals surface area contributed by atoms with Gasteiger partial charge in [-0.25, -0.2) is 0 Å². The van der Waals surface area contributed by atoms with Crippen LogP contribution in [0.25, 0.3) is 0 Å². The molecule has 1 aliphatic rings. The van der Waals surface area contributed by atoms with Gasteiger partial charge in [0.05, 0.1) is 6.10 Å². The quantitative estimate of drug-likeness (QED) is 0.0570. The molecule has 2 amide bonds. The molecule has 0 aromatic heterocycles. The summed E-state index contributed by atoms with van der Waals surface area (Å²) in [7, 11) is 0. The smallest absolute Gasteiger partial charge is 0.322 e. The van der Waals surface area contributed by atoms with E-state index in [2.05, 4.69) is 52.2 Å². The molecular formula is C42H71N3O9S. The maximum Gasteiger partial charge on any atom is 0.322 e. The van der Waals surface area contributed by atoms with Gasteiger partial charge < -0.3 is 41.2 Å². The van der Waals surface area contributed by atoms with Gasteiger partial charge in [0.2, 0.25) is 11.8 Å². The molecule has 1 unspecified atom stereocenters. The summed E-state index contributed by atoms with van der Waals surface area (Å²) in [5.74, 6) is 0.453. The zero-order valence-electron chi connectivity index (χ0n) is 34.8. The van der Waals surface area contributed by atoms with Crippen LogP contribution in [-0.4, -0.2) is 87.5 Å². The minimum atomic E-state index is -1.24. The predicted molar refractivity (Wildman–Crippen MR) is 219 cm³/mol. The van der Waals surface area contributed by atoms with Gasteiger partial charge in [-0.1, -0.05) is 72.6 Å². The Morgan fingerprint density at radius 3 is 2.11 bits per heavy atom. The van der Waals surface area contributed by atoms with Gasteiger partial charge in [-0.15, -0.1) is 0 Å². The highest BCUT2D eigenvalue weighted by molar-refractivity contribution is 7.99. The van der Waals surface area contributed by atoms with E-state index < -0.39 is 48.5 Å². The van der Waals surface area contributed by atoms with Crippen LogP contribution in [0.1, 0.15) is 134 Å². The van der Waals surface area contributed by atoms with Crippen molar-refractivity contribution >= 4 is 35.5 Å². The number of hydrogen-bond acceptors (Lipinski definition) is 9. The Labute approximate surface area is 333 Å². The van der Waals surface area contributed by atoms with Crippen LogP contribution in [0.3, 0.4) is 0 Å². The number of ether oxygens (including phenoxy) is 2. The third-order valence-corrected chi connectivity index (χ3v) is 12.1. The molecule has 0 fully saturated rings. The van der Waals surface area contributed by atoms with Crippen molar-refractivity contribution in [1.29, 1.82) is 0 Å². The van der Waals surface area contributed by atoms with Gasteiger partial charge in [0, 0.05) is 23.5 Å².